The van der Waals surface area contributed by atoms with Crippen molar-refractivity contribution in [3.05, 3.63) is 40.7 Å². The maximum Gasteiger partial charge on any atom is 0.350 e. The van der Waals surface area contributed by atoms with Gasteiger partial charge in [0.05, 0.1) is 18.2 Å². The van der Waals surface area contributed by atoms with Gasteiger partial charge in [-0.1, -0.05) is 0 Å². The van der Waals surface area contributed by atoms with Gasteiger partial charge < -0.3 is 14.4 Å². The fraction of sp³-hybridized carbons (Fsp3) is 0.429. The lowest BCUT2D eigenvalue weighted by atomic mass is 9.97. The number of hydrogen-bond donors (Lipinski definition) is 0. The minimum Gasteiger partial charge on any atom is -0.466 e. The maximum atomic E-state index is 13.1. The van der Waals surface area contributed by atoms with Gasteiger partial charge in [-0.15, -0.1) is 11.3 Å². The largest absolute Gasteiger partial charge is 0.466 e. The lowest BCUT2D eigenvalue weighted by molar-refractivity contribution is -0.151. The number of aromatic nitrogens is 1. The van der Waals surface area contributed by atoms with Crippen molar-refractivity contribution in [1.29, 1.82) is 0 Å². The smallest absolute Gasteiger partial charge is 0.350 e. The molecule has 30 heavy (non-hydrogen) atoms. The molecule has 1 aromatic heterocycles. The number of carbonyl (C=O) groups is 3. The van der Waals surface area contributed by atoms with E-state index in [0.717, 1.165) is 11.3 Å². The second-order valence-corrected chi connectivity index (χ2v) is 7.92. The van der Waals surface area contributed by atoms with Crippen molar-refractivity contribution in [2.24, 2.45) is 5.92 Å². The number of carbonyl (C=O) groups excluding carboxylic acids is 3. The van der Waals surface area contributed by atoms with Crippen LogP contribution in [0.1, 0.15) is 35.1 Å². The summed E-state index contributed by atoms with van der Waals surface area (Å²) in [7, 11) is 0. The predicted octanol–water partition coefficient (Wildman–Crippen LogP) is 3.22. The summed E-state index contributed by atoms with van der Waals surface area (Å²) in [5.74, 6) is -1.69. The van der Waals surface area contributed by atoms with Crippen molar-refractivity contribution in [2.45, 2.75) is 26.7 Å². The lowest BCUT2D eigenvalue weighted by Crippen LogP contribution is -2.42. The quantitative estimate of drug-likeness (QED) is 0.649. The molecule has 0 spiro atoms. The molecular weight excluding hydrogens is 411 g/mol. The zero-order valence-corrected chi connectivity index (χ0v) is 17.7. The fourth-order valence-corrected chi connectivity index (χ4v) is 4.18. The lowest BCUT2D eigenvalue weighted by Gasteiger charge is -2.30. The predicted molar refractivity (Wildman–Crippen MR) is 108 cm³/mol. The van der Waals surface area contributed by atoms with Gasteiger partial charge in [-0.25, -0.2) is 14.2 Å². The molecule has 1 fully saturated rings. The number of benzene rings is 1. The minimum atomic E-state index is -0.617. The Labute approximate surface area is 177 Å². The number of halogens is 1. The van der Waals surface area contributed by atoms with Crippen LogP contribution in [0, 0.1) is 18.7 Å². The first kappa shape index (κ1) is 21.9. The number of likely N-dealkylation sites (tertiary alicyclic amines) is 1. The van der Waals surface area contributed by atoms with Crippen LogP contribution in [-0.4, -0.2) is 54.0 Å². The molecule has 0 aliphatic carbocycles. The van der Waals surface area contributed by atoms with Crippen LogP contribution in [0.3, 0.4) is 0 Å². The Morgan fingerprint density at radius 1 is 1.17 bits per heavy atom. The number of ether oxygens (including phenoxy) is 2. The van der Waals surface area contributed by atoms with Gasteiger partial charge in [0.1, 0.15) is 15.7 Å². The maximum absolute atomic E-state index is 13.1. The van der Waals surface area contributed by atoms with E-state index >= 15 is 0 Å². The van der Waals surface area contributed by atoms with Crippen LogP contribution in [0.5, 0.6) is 0 Å². The van der Waals surface area contributed by atoms with E-state index in [1.165, 1.54) is 12.1 Å². The first-order chi connectivity index (χ1) is 14.4. The summed E-state index contributed by atoms with van der Waals surface area (Å²) in [6.07, 6.45) is 1.07. The summed E-state index contributed by atoms with van der Waals surface area (Å²) in [6.45, 7) is 4.27. The molecular formula is C21H23FN2O5S. The van der Waals surface area contributed by atoms with Gasteiger partial charge in [-0.3, -0.25) is 9.59 Å². The number of hydrogen-bond acceptors (Lipinski definition) is 7. The number of aryl methyl sites for hydroxylation is 1. The van der Waals surface area contributed by atoms with Crippen molar-refractivity contribution in [2.75, 3.05) is 26.3 Å². The summed E-state index contributed by atoms with van der Waals surface area (Å²) in [5, 5.41) is 0.576. The van der Waals surface area contributed by atoms with E-state index in [0.29, 0.717) is 53.7 Å². The molecule has 2 heterocycles. The molecule has 1 aromatic carbocycles. The highest BCUT2D eigenvalue weighted by atomic mass is 32.1. The number of thiazole rings is 1. The van der Waals surface area contributed by atoms with Crippen LogP contribution in [0.15, 0.2) is 24.3 Å². The van der Waals surface area contributed by atoms with Gasteiger partial charge >= 0.3 is 11.9 Å². The molecule has 9 heteroatoms. The number of esters is 2. The van der Waals surface area contributed by atoms with Crippen LogP contribution >= 0.6 is 11.3 Å². The molecule has 2 aromatic rings. The topological polar surface area (TPSA) is 85.8 Å². The molecule has 3 rings (SSSR count). The van der Waals surface area contributed by atoms with Crippen molar-refractivity contribution < 1.29 is 28.2 Å². The molecule has 1 amide bonds. The summed E-state index contributed by atoms with van der Waals surface area (Å²) in [5.41, 5.74) is 1.19. The van der Waals surface area contributed by atoms with Crippen LogP contribution in [0.25, 0.3) is 10.6 Å². The monoisotopic (exact) mass is 434 g/mol. The molecule has 0 unspecified atom stereocenters. The number of rotatable bonds is 6. The number of nitrogens with zero attached hydrogens (tertiary/aromatic N) is 2. The number of amides is 1. The summed E-state index contributed by atoms with van der Waals surface area (Å²) in [4.78, 5) is 42.8. The molecule has 0 atom stereocenters. The highest BCUT2D eigenvalue weighted by Gasteiger charge is 2.29. The van der Waals surface area contributed by atoms with Gasteiger partial charge in [0.2, 0.25) is 0 Å². The summed E-state index contributed by atoms with van der Waals surface area (Å²) in [6, 6.07) is 5.83. The third kappa shape index (κ3) is 5.21. The molecule has 0 bridgehead atoms. The third-order valence-electron chi connectivity index (χ3n) is 4.87. The molecule has 7 nitrogen and oxygen atoms in total. The van der Waals surface area contributed by atoms with E-state index in [-0.39, 0.29) is 30.2 Å². The molecule has 0 radical (unpaired) electrons. The van der Waals surface area contributed by atoms with E-state index in [4.69, 9.17) is 9.47 Å². The summed E-state index contributed by atoms with van der Waals surface area (Å²) < 4.78 is 23.3. The van der Waals surface area contributed by atoms with Gasteiger partial charge in [-0.2, -0.15) is 0 Å². The molecule has 1 aliphatic rings. The van der Waals surface area contributed by atoms with E-state index in [1.807, 2.05) is 0 Å². The van der Waals surface area contributed by atoms with Crippen LogP contribution < -0.4 is 0 Å². The minimum absolute atomic E-state index is 0.193. The fourth-order valence-electron chi connectivity index (χ4n) is 3.21. The molecule has 0 saturated carbocycles. The van der Waals surface area contributed by atoms with Crippen LogP contribution in [-0.2, 0) is 19.1 Å². The Morgan fingerprint density at radius 2 is 1.83 bits per heavy atom. The number of piperidine rings is 1. The standard InChI is InChI=1S/C21H23FN2O5S/c1-3-28-20(26)15-8-10-24(11-9-15)17(25)12-29-21(27)18-13(2)23-19(30-18)14-4-6-16(22)7-5-14/h4-7,15H,3,8-12H2,1-2H3. The highest BCUT2D eigenvalue weighted by Crippen LogP contribution is 2.28. The molecule has 1 aliphatic heterocycles. The van der Waals surface area contributed by atoms with E-state index in [9.17, 15) is 18.8 Å². The van der Waals surface area contributed by atoms with E-state index in [2.05, 4.69) is 4.98 Å². The highest BCUT2D eigenvalue weighted by molar-refractivity contribution is 7.17. The van der Waals surface area contributed by atoms with Crippen molar-refractivity contribution in [1.82, 2.24) is 9.88 Å². The average molecular weight is 434 g/mol. The summed E-state index contributed by atoms with van der Waals surface area (Å²) >= 11 is 1.14. The second-order valence-electron chi connectivity index (χ2n) is 6.92. The van der Waals surface area contributed by atoms with Crippen LogP contribution in [0.2, 0.25) is 0 Å². The Bertz CT molecular complexity index is 920. The first-order valence-corrected chi connectivity index (χ1v) is 10.6. The van der Waals surface area contributed by atoms with Gasteiger partial charge in [0.25, 0.3) is 5.91 Å². The molecule has 1 saturated heterocycles. The Morgan fingerprint density at radius 3 is 2.47 bits per heavy atom. The van der Waals surface area contributed by atoms with Crippen molar-refractivity contribution in [3.63, 3.8) is 0 Å². The normalized spacial score (nSPS) is 14.4. The Balaban J connectivity index is 1.53. The van der Waals surface area contributed by atoms with Crippen molar-refractivity contribution >= 4 is 29.2 Å². The SMILES string of the molecule is CCOC(=O)C1CCN(C(=O)COC(=O)c2sc(-c3ccc(F)cc3)nc2C)CC1. The van der Waals surface area contributed by atoms with E-state index in [1.54, 1.807) is 30.9 Å². The molecule has 160 valence electrons. The third-order valence-corrected chi connectivity index (χ3v) is 6.05. The van der Waals surface area contributed by atoms with Gasteiger partial charge in [0, 0.05) is 18.7 Å². The Hall–Kier alpha value is -2.81. The second kappa shape index (κ2) is 9.80. The zero-order valence-electron chi connectivity index (χ0n) is 16.9. The van der Waals surface area contributed by atoms with E-state index < -0.39 is 5.97 Å². The van der Waals surface area contributed by atoms with Crippen LogP contribution in [0.4, 0.5) is 4.39 Å². The average Bonchev–Trinajstić information content (AvgIpc) is 3.14. The van der Waals surface area contributed by atoms with Gasteiger partial charge in [0.15, 0.2) is 6.61 Å². The first-order valence-electron chi connectivity index (χ1n) is 9.74. The van der Waals surface area contributed by atoms with Crippen molar-refractivity contribution in [3.8, 4) is 10.6 Å². The van der Waals surface area contributed by atoms with Gasteiger partial charge in [-0.05, 0) is 51.0 Å². The zero-order chi connectivity index (χ0) is 21.7. The molecule has 0 N–H and O–H groups in total. The Kier molecular flexibility index (Phi) is 7.15.